The molecule has 4 heterocycles. The summed E-state index contributed by atoms with van der Waals surface area (Å²) in [6, 6.07) is 5.36. The Morgan fingerprint density at radius 2 is 2.19 bits per heavy atom. The quantitative estimate of drug-likeness (QED) is 0.772. The summed E-state index contributed by atoms with van der Waals surface area (Å²) in [7, 11) is -1.53. The van der Waals surface area contributed by atoms with Gasteiger partial charge in [0.25, 0.3) is 5.91 Å². The van der Waals surface area contributed by atoms with Crippen molar-refractivity contribution < 1.29 is 17.9 Å². The van der Waals surface area contributed by atoms with E-state index in [1.807, 2.05) is 6.07 Å². The number of nitrogens with zero attached hydrogens (tertiary/aromatic N) is 4. The van der Waals surface area contributed by atoms with Gasteiger partial charge in [-0.1, -0.05) is 6.07 Å². The van der Waals surface area contributed by atoms with Crippen molar-refractivity contribution in [1.29, 1.82) is 0 Å². The minimum atomic E-state index is -3.26. The SMILES string of the molecule is Cn1cc(C(=O)N2CC3(C2)C(COc2ccccn2)CCS3(=O)=O)cn1. The summed E-state index contributed by atoms with van der Waals surface area (Å²) in [5.74, 6) is 0.287. The largest absolute Gasteiger partial charge is 0.477 e. The summed E-state index contributed by atoms with van der Waals surface area (Å²) in [4.78, 5) is 18.2. The van der Waals surface area contributed by atoms with Crippen molar-refractivity contribution in [3.63, 3.8) is 0 Å². The molecule has 2 aliphatic rings. The number of carbonyl (C=O) groups excluding carboxylic acids is 1. The Morgan fingerprint density at radius 1 is 1.38 bits per heavy atom. The number of likely N-dealkylation sites (tertiary alicyclic amines) is 1. The van der Waals surface area contributed by atoms with Crippen molar-refractivity contribution in [2.45, 2.75) is 11.2 Å². The number of aryl methyl sites for hydroxylation is 1. The van der Waals surface area contributed by atoms with E-state index in [9.17, 15) is 13.2 Å². The van der Waals surface area contributed by atoms with Crippen molar-refractivity contribution in [1.82, 2.24) is 19.7 Å². The van der Waals surface area contributed by atoms with Crippen LogP contribution < -0.4 is 4.74 Å². The third kappa shape index (κ3) is 2.66. The molecule has 0 aromatic carbocycles. The van der Waals surface area contributed by atoms with Gasteiger partial charge in [-0.25, -0.2) is 13.4 Å². The van der Waals surface area contributed by atoms with Crippen LogP contribution in [0.15, 0.2) is 36.8 Å². The van der Waals surface area contributed by atoms with Gasteiger partial charge in [-0.3, -0.25) is 9.48 Å². The van der Waals surface area contributed by atoms with E-state index in [4.69, 9.17) is 4.74 Å². The Bertz CT molecular complexity index is 919. The maximum Gasteiger partial charge on any atom is 0.257 e. The van der Waals surface area contributed by atoms with Crippen molar-refractivity contribution in [3.05, 3.63) is 42.4 Å². The van der Waals surface area contributed by atoms with Gasteiger partial charge in [0.1, 0.15) is 4.75 Å². The Kier molecular flexibility index (Phi) is 3.98. The van der Waals surface area contributed by atoms with Crippen LogP contribution in [-0.4, -0.2) is 64.2 Å². The van der Waals surface area contributed by atoms with Gasteiger partial charge < -0.3 is 9.64 Å². The van der Waals surface area contributed by atoms with Crippen LogP contribution in [-0.2, 0) is 16.9 Å². The Morgan fingerprint density at radius 3 is 2.85 bits per heavy atom. The first kappa shape index (κ1) is 17.0. The van der Waals surface area contributed by atoms with E-state index < -0.39 is 14.6 Å². The highest BCUT2D eigenvalue weighted by atomic mass is 32.2. The van der Waals surface area contributed by atoms with Gasteiger partial charge in [-0.05, 0) is 12.5 Å². The van der Waals surface area contributed by atoms with Crippen LogP contribution in [0.5, 0.6) is 5.88 Å². The van der Waals surface area contributed by atoms with Crippen LogP contribution in [0.3, 0.4) is 0 Å². The fraction of sp³-hybridized carbons (Fsp3) is 0.471. The molecule has 0 N–H and O–H groups in total. The lowest BCUT2D eigenvalue weighted by atomic mass is 9.83. The summed E-state index contributed by atoms with van der Waals surface area (Å²) in [5, 5.41) is 4.00. The van der Waals surface area contributed by atoms with E-state index in [1.54, 1.807) is 41.2 Å². The molecule has 2 saturated heterocycles. The summed E-state index contributed by atoms with van der Waals surface area (Å²) in [5.41, 5.74) is 0.471. The molecule has 1 amide bonds. The molecule has 0 aliphatic carbocycles. The Labute approximate surface area is 151 Å². The smallest absolute Gasteiger partial charge is 0.257 e. The van der Waals surface area contributed by atoms with Crippen LogP contribution in [0.1, 0.15) is 16.8 Å². The number of hydrogen-bond acceptors (Lipinski definition) is 6. The van der Waals surface area contributed by atoms with Crippen molar-refractivity contribution in [2.75, 3.05) is 25.4 Å². The first-order chi connectivity index (χ1) is 12.4. The maximum absolute atomic E-state index is 12.7. The normalized spacial score (nSPS) is 23.0. The average molecular weight is 376 g/mol. The molecule has 4 rings (SSSR count). The minimum Gasteiger partial charge on any atom is -0.477 e. The number of amides is 1. The van der Waals surface area contributed by atoms with Crippen molar-refractivity contribution >= 4 is 15.7 Å². The number of sulfone groups is 1. The highest BCUT2D eigenvalue weighted by molar-refractivity contribution is 7.93. The van der Waals surface area contributed by atoms with E-state index in [2.05, 4.69) is 10.1 Å². The molecule has 8 nitrogen and oxygen atoms in total. The van der Waals surface area contributed by atoms with E-state index in [1.165, 1.54) is 6.20 Å². The lowest BCUT2D eigenvalue weighted by Crippen LogP contribution is -2.68. The number of ether oxygens (including phenoxy) is 1. The fourth-order valence-electron chi connectivity index (χ4n) is 3.78. The van der Waals surface area contributed by atoms with Crippen LogP contribution >= 0.6 is 0 Å². The zero-order valence-electron chi connectivity index (χ0n) is 14.4. The third-order valence-corrected chi connectivity index (χ3v) is 7.93. The number of pyridine rings is 1. The Balaban J connectivity index is 1.47. The maximum atomic E-state index is 12.7. The summed E-state index contributed by atoms with van der Waals surface area (Å²) in [6.45, 7) is 0.698. The molecular formula is C17H20N4O4S. The van der Waals surface area contributed by atoms with Gasteiger partial charge >= 0.3 is 0 Å². The molecule has 9 heteroatoms. The first-order valence-electron chi connectivity index (χ1n) is 8.45. The van der Waals surface area contributed by atoms with E-state index in [-0.39, 0.29) is 37.3 Å². The monoisotopic (exact) mass is 376 g/mol. The zero-order chi connectivity index (χ0) is 18.4. The Hall–Kier alpha value is -2.42. The van der Waals surface area contributed by atoms with Crippen LogP contribution in [0.4, 0.5) is 0 Å². The standard InChI is InChI=1S/C17H20N4O4S/c1-20-9-13(8-19-20)16(22)21-11-17(12-21)14(5-7-26(17,23)24)10-25-15-4-2-3-6-18-15/h2-4,6,8-9,14H,5,7,10-12H2,1H3. The molecule has 1 unspecified atom stereocenters. The fourth-order valence-corrected chi connectivity index (χ4v) is 6.18. The highest BCUT2D eigenvalue weighted by Gasteiger charge is 2.62. The van der Waals surface area contributed by atoms with Crippen LogP contribution in [0.2, 0.25) is 0 Å². The molecule has 2 fully saturated rings. The molecule has 1 atom stereocenters. The number of hydrogen-bond donors (Lipinski definition) is 0. The van der Waals surface area contributed by atoms with Gasteiger partial charge in [0.05, 0.1) is 24.1 Å². The van der Waals surface area contributed by atoms with Crippen molar-refractivity contribution in [2.24, 2.45) is 13.0 Å². The molecule has 2 aromatic heterocycles. The number of aromatic nitrogens is 3. The molecule has 0 radical (unpaired) electrons. The van der Waals surface area contributed by atoms with E-state index in [0.29, 0.717) is 17.9 Å². The second-order valence-corrected chi connectivity index (χ2v) is 9.36. The highest BCUT2D eigenvalue weighted by Crippen LogP contribution is 2.45. The van der Waals surface area contributed by atoms with E-state index >= 15 is 0 Å². The molecular weight excluding hydrogens is 356 g/mol. The van der Waals surface area contributed by atoms with Crippen molar-refractivity contribution in [3.8, 4) is 5.88 Å². The summed E-state index contributed by atoms with van der Waals surface area (Å²) in [6.07, 6.45) is 5.31. The number of rotatable bonds is 4. The second kappa shape index (κ2) is 6.08. The lowest BCUT2D eigenvalue weighted by molar-refractivity contribution is 0.0407. The third-order valence-electron chi connectivity index (χ3n) is 5.32. The predicted octanol–water partition coefficient (Wildman–Crippen LogP) is 0.523. The van der Waals surface area contributed by atoms with Gasteiger partial charge in [0, 0.05) is 44.5 Å². The van der Waals surface area contributed by atoms with Crippen LogP contribution in [0, 0.1) is 5.92 Å². The summed E-state index contributed by atoms with van der Waals surface area (Å²) >= 11 is 0. The van der Waals surface area contributed by atoms with Crippen LogP contribution in [0.25, 0.3) is 0 Å². The number of carbonyl (C=O) groups is 1. The van der Waals surface area contributed by atoms with Gasteiger partial charge in [0.2, 0.25) is 5.88 Å². The molecule has 138 valence electrons. The lowest BCUT2D eigenvalue weighted by Gasteiger charge is -2.49. The first-order valence-corrected chi connectivity index (χ1v) is 10.1. The zero-order valence-corrected chi connectivity index (χ0v) is 15.2. The van der Waals surface area contributed by atoms with Gasteiger partial charge in [-0.15, -0.1) is 0 Å². The van der Waals surface area contributed by atoms with E-state index in [0.717, 1.165) is 0 Å². The summed E-state index contributed by atoms with van der Waals surface area (Å²) < 4.78 is 31.7. The molecule has 0 bridgehead atoms. The molecule has 1 spiro atoms. The molecule has 2 aromatic rings. The second-order valence-electron chi connectivity index (χ2n) is 6.91. The van der Waals surface area contributed by atoms with Gasteiger partial charge in [-0.2, -0.15) is 5.10 Å². The molecule has 0 saturated carbocycles. The topological polar surface area (TPSA) is 94.4 Å². The molecule has 2 aliphatic heterocycles. The van der Waals surface area contributed by atoms with Gasteiger partial charge in [0.15, 0.2) is 9.84 Å². The predicted molar refractivity (Wildman–Crippen MR) is 93.5 cm³/mol. The molecule has 26 heavy (non-hydrogen) atoms. The minimum absolute atomic E-state index is 0.137. The average Bonchev–Trinajstić information content (AvgIpc) is 3.13.